The number of nitrogens with one attached hydrogen (secondary N) is 1. The van der Waals surface area contributed by atoms with Crippen LogP contribution in [0.5, 0.6) is 0 Å². The van der Waals surface area contributed by atoms with Gasteiger partial charge in [0.15, 0.2) is 0 Å². The molecule has 9 aromatic rings. The number of fused-ring (bicyclic) bond motifs is 8. The zero-order valence-electron chi connectivity index (χ0n) is 25.4. The Labute approximate surface area is 269 Å². The Balaban J connectivity index is 1.27. The van der Waals surface area contributed by atoms with Crippen LogP contribution in [0, 0.1) is 0 Å². The predicted octanol–water partition coefficient (Wildman–Crippen LogP) is 7.12. The van der Waals surface area contributed by atoms with Crippen LogP contribution in [-0.2, 0) is 0 Å². The molecule has 1 aliphatic heterocycles. The van der Waals surface area contributed by atoms with Crippen molar-refractivity contribution in [3.63, 3.8) is 0 Å². The molecule has 0 aliphatic carbocycles. The normalized spacial score (nSPS) is 14.8. The van der Waals surface area contributed by atoms with E-state index in [1.54, 1.807) is 0 Å². The molecule has 4 aromatic heterocycles. The van der Waals surface area contributed by atoms with Gasteiger partial charge in [0.25, 0.3) is 0 Å². The van der Waals surface area contributed by atoms with Crippen LogP contribution in [0.4, 0.5) is 0 Å². The van der Waals surface area contributed by atoms with Gasteiger partial charge < -0.3 is 9.88 Å². The molecule has 0 bridgehead atoms. The lowest BCUT2D eigenvalue weighted by Crippen LogP contribution is -2.29. The second-order valence-electron chi connectivity index (χ2n) is 12.1. The van der Waals surface area contributed by atoms with Gasteiger partial charge in [-0.05, 0) is 65.4 Å². The fraction of sp³-hybridized carbons (Fsp3) is 0.0488. The van der Waals surface area contributed by atoms with Crippen molar-refractivity contribution in [3.8, 4) is 11.6 Å². The lowest BCUT2D eigenvalue weighted by Gasteiger charge is -2.17. The average molecular weight is 605 g/mol. The van der Waals surface area contributed by atoms with Crippen molar-refractivity contribution in [3.05, 3.63) is 150 Å². The van der Waals surface area contributed by atoms with E-state index in [0.717, 1.165) is 38.8 Å². The Morgan fingerprint density at radius 3 is 2.19 bits per heavy atom. The summed E-state index contributed by atoms with van der Waals surface area (Å²) in [6.07, 6.45) is 6.44. The average Bonchev–Trinajstić information content (AvgIpc) is 3.51. The van der Waals surface area contributed by atoms with E-state index in [2.05, 4.69) is 142 Å². The third-order valence-electron chi connectivity index (χ3n) is 9.44. The maximum absolute atomic E-state index is 5.39. The summed E-state index contributed by atoms with van der Waals surface area (Å²) in [5.74, 6) is 0.634. The highest BCUT2D eigenvalue weighted by Gasteiger charge is 2.23. The number of pyridine rings is 1. The molecule has 6 nitrogen and oxygen atoms in total. The van der Waals surface area contributed by atoms with E-state index in [9.17, 15) is 0 Å². The molecular weight excluding hydrogens is 576 g/mol. The van der Waals surface area contributed by atoms with E-state index in [1.807, 2.05) is 18.3 Å². The molecule has 47 heavy (non-hydrogen) atoms. The van der Waals surface area contributed by atoms with Gasteiger partial charge in [0, 0.05) is 39.8 Å². The van der Waals surface area contributed by atoms with Gasteiger partial charge in [-0.2, -0.15) is 0 Å². The number of benzene rings is 5. The van der Waals surface area contributed by atoms with Crippen molar-refractivity contribution in [1.29, 1.82) is 0 Å². The molecule has 5 aromatic carbocycles. The first-order valence-corrected chi connectivity index (χ1v) is 16.0. The number of rotatable bonds is 3. The minimum atomic E-state index is -0.215. The molecule has 0 saturated heterocycles. The largest absolute Gasteiger partial charge is 0.310 e. The lowest BCUT2D eigenvalue weighted by atomic mass is 10.1. The smallest absolute Gasteiger partial charge is 0.235 e. The molecule has 10 rings (SSSR count). The minimum absolute atomic E-state index is 0.215. The number of aromatic nitrogens is 5. The molecule has 0 radical (unpaired) electrons. The monoisotopic (exact) mass is 604 g/mol. The van der Waals surface area contributed by atoms with Crippen molar-refractivity contribution in [1.82, 2.24) is 29.4 Å². The summed E-state index contributed by atoms with van der Waals surface area (Å²) >= 11 is 0. The number of para-hydroxylation sites is 3. The predicted molar refractivity (Wildman–Crippen MR) is 191 cm³/mol. The maximum atomic E-state index is 5.39. The fourth-order valence-electron chi connectivity index (χ4n) is 7.36. The summed E-state index contributed by atoms with van der Waals surface area (Å²) in [5, 5.41) is 12.1. The van der Waals surface area contributed by atoms with Crippen molar-refractivity contribution in [2.45, 2.75) is 6.04 Å². The van der Waals surface area contributed by atoms with Crippen LogP contribution in [0.2, 0.25) is 0 Å². The SMILES string of the molecule is C1=c2c(n(-c3ccccc3)c3ccccc23)=CC(c2nc(-n3c4ccccc4c4cc5ccccc5cc43)nc3cccnc23)NC1. The summed E-state index contributed by atoms with van der Waals surface area (Å²) in [6, 6.07) is 44.6. The number of nitrogens with zero attached hydrogens (tertiary/aromatic N) is 5. The second kappa shape index (κ2) is 10.2. The van der Waals surface area contributed by atoms with E-state index in [1.165, 1.54) is 37.7 Å². The summed E-state index contributed by atoms with van der Waals surface area (Å²) < 4.78 is 4.57. The highest BCUT2D eigenvalue weighted by atomic mass is 15.2. The van der Waals surface area contributed by atoms with Crippen LogP contribution in [0.15, 0.2) is 134 Å². The highest BCUT2D eigenvalue weighted by molar-refractivity contribution is 6.13. The molecule has 5 heterocycles. The molecule has 0 fully saturated rings. The van der Waals surface area contributed by atoms with Gasteiger partial charge in [0.1, 0.15) is 5.52 Å². The minimum Gasteiger partial charge on any atom is -0.310 e. The molecule has 1 N–H and O–H groups in total. The van der Waals surface area contributed by atoms with Gasteiger partial charge in [-0.1, -0.05) is 84.9 Å². The number of hydrogen-bond donors (Lipinski definition) is 1. The zero-order chi connectivity index (χ0) is 30.9. The number of hydrogen-bond acceptors (Lipinski definition) is 4. The van der Waals surface area contributed by atoms with E-state index >= 15 is 0 Å². The standard InChI is InChI=1S/C41H28N6/c1-2-13-28(14-3-1)46-35-18-8-6-15-29(35)31-20-22-42-34(25-38(31)46)40-39-33(17-10-21-43-39)44-41(45-40)47-36-19-9-7-16-30(36)32-23-26-11-4-5-12-27(26)24-37(32)47/h1-21,23-25,34,42H,22H2. The lowest BCUT2D eigenvalue weighted by molar-refractivity contribution is 0.692. The van der Waals surface area contributed by atoms with Gasteiger partial charge in [-0.25, -0.2) is 9.97 Å². The summed E-state index contributed by atoms with van der Waals surface area (Å²) in [6.45, 7) is 0.687. The van der Waals surface area contributed by atoms with Crippen molar-refractivity contribution < 1.29 is 0 Å². The Morgan fingerprint density at radius 1 is 0.617 bits per heavy atom. The van der Waals surface area contributed by atoms with Crippen LogP contribution < -0.4 is 15.9 Å². The molecule has 1 atom stereocenters. The summed E-state index contributed by atoms with van der Waals surface area (Å²) in [4.78, 5) is 15.4. The molecule has 0 spiro atoms. The van der Waals surface area contributed by atoms with Crippen molar-refractivity contribution in [2.75, 3.05) is 6.54 Å². The molecule has 1 unspecified atom stereocenters. The first kappa shape index (κ1) is 26.1. The molecular formula is C41H28N6. The van der Waals surface area contributed by atoms with E-state index in [4.69, 9.17) is 15.0 Å². The quantitative estimate of drug-likeness (QED) is 0.233. The first-order chi connectivity index (χ1) is 23.3. The van der Waals surface area contributed by atoms with Gasteiger partial charge >= 0.3 is 0 Å². The van der Waals surface area contributed by atoms with Crippen molar-refractivity contribution in [2.24, 2.45) is 0 Å². The van der Waals surface area contributed by atoms with Crippen LogP contribution in [-0.4, -0.2) is 30.6 Å². The molecule has 0 amide bonds. The molecule has 6 heteroatoms. The van der Waals surface area contributed by atoms with Crippen molar-refractivity contribution >= 4 is 66.7 Å². The van der Waals surface area contributed by atoms with E-state index in [-0.39, 0.29) is 6.04 Å². The third-order valence-corrected chi connectivity index (χ3v) is 9.44. The molecule has 222 valence electrons. The van der Waals surface area contributed by atoms with Crippen LogP contribution in [0.3, 0.4) is 0 Å². The Morgan fingerprint density at radius 2 is 1.34 bits per heavy atom. The van der Waals surface area contributed by atoms with E-state index in [0.29, 0.717) is 12.5 Å². The van der Waals surface area contributed by atoms with Crippen LogP contribution in [0.25, 0.3) is 78.3 Å². The summed E-state index contributed by atoms with van der Waals surface area (Å²) in [5.41, 5.74) is 6.91. The first-order valence-electron chi connectivity index (χ1n) is 16.0. The zero-order valence-corrected chi connectivity index (χ0v) is 25.4. The Kier molecular flexibility index (Phi) is 5.68. The van der Waals surface area contributed by atoms with E-state index < -0.39 is 0 Å². The summed E-state index contributed by atoms with van der Waals surface area (Å²) in [7, 11) is 0. The topological polar surface area (TPSA) is 60.6 Å². The highest BCUT2D eigenvalue weighted by Crippen LogP contribution is 2.35. The molecule has 1 aliphatic rings. The fourth-order valence-corrected chi connectivity index (χ4v) is 7.36. The van der Waals surface area contributed by atoms with Gasteiger partial charge in [-0.3, -0.25) is 9.55 Å². The Bertz CT molecular complexity index is 2810. The van der Waals surface area contributed by atoms with Gasteiger partial charge in [0.2, 0.25) is 5.95 Å². The van der Waals surface area contributed by atoms with Gasteiger partial charge in [0.05, 0.1) is 39.2 Å². The second-order valence-corrected chi connectivity index (χ2v) is 12.1. The van der Waals surface area contributed by atoms with Gasteiger partial charge in [-0.15, -0.1) is 0 Å². The maximum Gasteiger partial charge on any atom is 0.235 e. The Hall–Kier alpha value is -6.11. The van der Waals surface area contributed by atoms with Crippen LogP contribution >= 0.6 is 0 Å². The molecule has 0 saturated carbocycles. The third kappa shape index (κ3) is 3.98. The van der Waals surface area contributed by atoms with Crippen LogP contribution in [0.1, 0.15) is 11.7 Å².